The molecule has 2 heterocycles. The molecule has 1 amide bonds. The third-order valence-corrected chi connectivity index (χ3v) is 4.43. The molecule has 6 heteroatoms. The number of aryl methyl sites for hydroxylation is 1. The molecule has 0 spiro atoms. The van der Waals surface area contributed by atoms with Gasteiger partial charge in [-0.1, -0.05) is 39.0 Å². The number of carbonyl (C=O) groups is 1. The van der Waals surface area contributed by atoms with Crippen molar-refractivity contribution in [1.82, 2.24) is 20.2 Å². The molecule has 3 rings (SSSR count). The van der Waals surface area contributed by atoms with Gasteiger partial charge in [0.2, 0.25) is 0 Å². The van der Waals surface area contributed by atoms with E-state index in [1.165, 1.54) is 0 Å². The maximum absolute atomic E-state index is 12.2. The van der Waals surface area contributed by atoms with E-state index in [2.05, 4.69) is 58.2 Å². The van der Waals surface area contributed by atoms with E-state index in [0.29, 0.717) is 5.69 Å². The summed E-state index contributed by atoms with van der Waals surface area (Å²) in [5.74, 6) is -0.333. The monoisotopic (exact) mass is 337 g/mol. The van der Waals surface area contributed by atoms with E-state index in [1.807, 2.05) is 26.1 Å². The lowest BCUT2D eigenvalue weighted by Crippen LogP contribution is -2.18. The Labute approximate surface area is 146 Å². The molecule has 0 saturated heterocycles. The number of fused-ring (bicyclic) bond motifs is 1. The Morgan fingerprint density at radius 3 is 2.72 bits per heavy atom. The van der Waals surface area contributed by atoms with Gasteiger partial charge >= 0.3 is 0 Å². The number of rotatable bonds is 3. The number of hydrogen-bond acceptors (Lipinski definition) is 3. The molecular formula is C19H23N5O. The van der Waals surface area contributed by atoms with Crippen molar-refractivity contribution in [2.24, 2.45) is 12.1 Å². The largest absolute Gasteiger partial charge is 0.347 e. The first-order valence-corrected chi connectivity index (χ1v) is 8.22. The third kappa shape index (κ3) is 3.20. The van der Waals surface area contributed by atoms with Crippen LogP contribution in [0.1, 0.15) is 48.2 Å². The first-order chi connectivity index (χ1) is 11.8. The molecule has 0 atom stereocenters. The normalized spacial score (nSPS) is 12.2. The Morgan fingerprint density at radius 2 is 2.04 bits per heavy atom. The molecule has 25 heavy (non-hydrogen) atoms. The van der Waals surface area contributed by atoms with Crippen molar-refractivity contribution >= 4 is 23.0 Å². The van der Waals surface area contributed by atoms with E-state index in [4.69, 9.17) is 0 Å². The van der Waals surface area contributed by atoms with E-state index < -0.39 is 0 Å². The number of benzene rings is 1. The van der Waals surface area contributed by atoms with Crippen molar-refractivity contribution in [3.05, 3.63) is 53.0 Å². The topological polar surface area (TPSA) is 75.1 Å². The van der Waals surface area contributed by atoms with Crippen molar-refractivity contribution < 1.29 is 4.79 Å². The molecule has 2 N–H and O–H groups in total. The Hall–Kier alpha value is -2.89. The number of amides is 1. The quantitative estimate of drug-likeness (QED) is 0.568. The van der Waals surface area contributed by atoms with Crippen molar-refractivity contribution in [1.29, 1.82) is 0 Å². The van der Waals surface area contributed by atoms with E-state index in [1.54, 1.807) is 12.3 Å². The lowest BCUT2D eigenvalue weighted by Gasteiger charge is -2.14. The van der Waals surface area contributed by atoms with Gasteiger partial charge in [-0.3, -0.25) is 9.89 Å². The highest BCUT2D eigenvalue weighted by molar-refractivity contribution is 6.01. The van der Waals surface area contributed by atoms with Gasteiger partial charge < -0.3 is 4.57 Å². The van der Waals surface area contributed by atoms with E-state index in [-0.39, 0.29) is 11.3 Å². The molecule has 0 aliphatic heterocycles. The van der Waals surface area contributed by atoms with Crippen molar-refractivity contribution in [3.63, 3.8) is 0 Å². The molecule has 1 aromatic carbocycles. The van der Waals surface area contributed by atoms with Crippen molar-refractivity contribution in [3.8, 4) is 0 Å². The van der Waals surface area contributed by atoms with E-state index >= 15 is 0 Å². The Bertz CT molecular complexity index is 956. The summed E-state index contributed by atoms with van der Waals surface area (Å²) in [7, 11) is 2.02. The van der Waals surface area contributed by atoms with Crippen molar-refractivity contribution in [2.75, 3.05) is 0 Å². The zero-order chi connectivity index (χ0) is 18.2. The summed E-state index contributed by atoms with van der Waals surface area (Å²) < 4.78 is 2.11. The van der Waals surface area contributed by atoms with Crippen LogP contribution in [0.25, 0.3) is 10.9 Å². The highest BCUT2D eigenvalue weighted by Crippen LogP contribution is 2.23. The molecular weight excluding hydrogens is 314 g/mol. The van der Waals surface area contributed by atoms with Crippen LogP contribution in [0.5, 0.6) is 0 Å². The van der Waals surface area contributed by atoms with Crippen molar-refractivity contribution in [2.45, 2.75) is 33.1 Å². The molecule has 0 saturated carbocycles. The lowest BCUT2D eigenvalue weighted by atomic mass is 9.92. The van der Waals surface area contributed by atoms with Gasteiger partial charge in [0.25, 0.3) is 5.91 Å². The zero-order valence-corrected chi connectivity index (χ0v) is 15.2. The van der Waals surface area contributed by atoms with Crippen LogP contribution >= 0.6 is 0 Å². The highest BCUT2D eigenvalue weighted by Gasteiger charge is 2.19. The molecule has 0 radical (unpaired) electrons. The predicted octanol–water partition coefficient (Wildman–Crippen LogP) is 3.27. The van der Waals surface area contributed by atoms with Gasteiger partial charge in [0, 0.05) is 40.3 Å². The summed E-state index contributed by atoms with van der Waals surface area (Å²) in [6, 6.07) is 9.88. The zero-order valence-electron chi connectivity index (χ0n) is 15.2. The minimum Gasteiger partial charge on any atom is -0.347 e. The summed E-state index contributed by atoms with van der Waals surface area (Å²) in [6.45, 7) is 8.21. The minimum atomic E-state index is -0.333. The minimum absolute atomic E-state index is 0.0884. The fourth-order valence-corrected chi connectivity index (χ4v) is 2.75. The molecule has 0 aliphatic carbocycles. The molecule has 130 valence electrons. The molecule has 2 aromatic heterocycles. The number of aromatic nitrogens is 3. The standard InChI is InChI=1S/C19H23N5O/c1-12-14(13-8-6-7-9-16(13)24(12)5)11-20-23-18(25)15-10-17(22-21-15)19(2,3)4/h6-11H,1-5H3,(H,21,22)(H,23,25)/b20-11-. The SMILES string of the molecule is Cc1c(/C=N\NC(=O)c2cc(C(C)(C)C)[nH]n2)c2ccccc2n1C. The van der Waals surface area contributed by atoms with Crippen LogP contribution < -0.4 is 5.43 Å². The fraction of sp³-hybridized carbons (Fsp3) is 0.316. The van der Waals surface area contributed by atoms with Gasteiger partial charge in [-0.2, -0.15) is 10.2 Å². The van der Waals surface area contributed by atoms with Crippen LogP contribution in [0.15, 0.2) is 35.4 Å². The molecule has 0 bridgehead atoms. The first-order valence-electron chi connectivity index (χ1n) is 8.22. The highest BCUT2D eigenvalue weighted by atomic mass is 16.2. The number of carbonyl (C=O) groups excluding carboxylic acids is 1. The summed E-state index contributed by atoms with van der Waals surface area (Å²) in [5, 5.41) is 12.2. The fourth-order valence-electron chi connectivity index (χ4n) is 2.75. The predicted molar refractivity (Wildman–Crippen MR) is 100 cm³/mol. The number of H-pyrrole nitrogens is 1. The Kier molecular flexibility index (Phi) is 4.20. The van der Waals surface area contributed by atoms with Crippen LogP contribution in [0.4, 0.5) is 0 Å². The average Bonchev–Trinajstić information content (AvgIpc) is 3.15. The third-order valence-electron chi connectivity index (χ3n) is 4.43. The number of nitrogens with zero attached hydrogens (tertiary/aromatic N) is 3. The van der Waals surface area contributed by atoms with E-state index in [9.17, 15) is 4.79 Å². The summed E-state index contributed by atoms with van der Waals surface area (Å²) in [5.41, 5.74) is 6.92. The van der Waals surface area contributed by atoms with Gasteiger partial charge in [0.05, 0.1) is 6.21 Å². The Balaban J connectivity index is 1.79. The number of hydrazone groups is 1. The van der Waals surface area contributed by atoms with Crippen LogP contribution in [0.2, 0.25) is 0 Å². The maximum Gasteiger partial charge on any atom is 0.291 e. The average molecular weight is 337 g/mol. The Morgan fingerprint density at radius 1 is 1.32 bits per heavy atom. The molecule has 0 aliphatic rings. The van der Waals surface area contributed by atoms with Crippen LogP contribution in [0, 0.1) is 6.92 Å². The van der Waals surface area contributed by atoms with Crippen LogP contribution in [-0.2, 0) is 12.5 Å². The molecule has 3 aromatic rings. The maximum atomic E-state index is 12.2. The molecule has 0 unspecified atom stereocenters. The van der Waals surface area contributed by atoms with Gasteiger partial charge in [-0.25, -0.2) is 5.43 Å². The molecule has 0 fully saturated rings. The van der Waals surface area contributed by atoms with Gasteiger partial charge in [-0.05, 0) is 19.1 Å². The summed E-state index contributed by atoms with van der Waals surface area (Å²) in [4.78, 5) is 12.2. The smallest absolute Gasteiger partial charge is 0.291 e. The number of nitrogens with one attached hydrogen (secondary N) is 2. The second kappa shape index (κ2) is 6.20. The van der Waals surface area contributed by atoms with Crippen LogP contribution in [0.3, 0.4) is 0 Å². The van der Waals surface area contributed by atoms with Gasteiger partial charge in [0.1, 0.15) is 0 Å². The van der Waals surface area contributed by atoms with E-state index in [0.717, 1.165) is 27.9 Å². The van der Waals surface area contributed by atoms with Crippen LogP contribution in [-0.4, -0.2) is 26.9 Å². The number of hydrogen-bond donors (Lipinski definition) is 2. The summed E-state index contributed by atoms with van der Waals surface area (Å²) >= 11 is 0. The second-order valence-corrected chi connectivity index (χ2v) is 7.19. The second-order valence-electron chi connectivity index (χ2n) is 7.19. The summed E-state index contributed by atoms with van der Waals surface area (Å²) in [6.07, 6.45) is 1.69. The lowest BCUT2D eigenvalue weighted by molar-refractivity contribution is 0.0950. The van der Waals surface area contributed by atoms with Gasteiger partial charge in [0.15, 0.2) is 5.69 Å². The number of para-hydroxylation sites is 1. The first kappa shape index (κ1) is 17.0. The molecule has 6 nitrogen and oxygen atoms in total. The van der Waals surface area contributed by atoms with Gasteiger partial charge in [-0.15, -0.1) is 0 Å². The number of aromatic amines is 1.